The molecule has 0 saturated heterocycles. The van der Waals surface area contributed by atoms with Crippen LogP contribution in [0.2, 0.25) is 0 Å². The van der Waals surface area contributed by atoms with E-state index >= 15 is 0 Å². The molecule has 0 unspecified atom stereocenters. The Balaban J connectivity index is 1.93. The van der Waals surface area contributed by atoms with Crippen molar-refractivity contribution in [3.05, 3.63) is 23.8 Å². The third-order valence-electron chi connectivity index (χ3n) is 2.86. The first kappa shape index (κ1) is 10.8. The van der Waals surface area contributed by atoms with E-state index in [0.717, 1.165) is 18.2 Å². The van der Waals surface area contributed by atoms with Gasteiger partial charge in [-0.2, -0.15) is 0 Å². The minimum Gasteiger partial charge on any atom is -0.478 e. The van der Waals surface area contributed by atoms with Gasteiger partial charge in [-0.05, 0) is 30.5 Å². The number of benzene rings is 1. The van der Waals surface area contributed by atoms with Crippen LogP contribution in [0.15, 0.2) is 18.2 Å². The van der Waals surface area contributed by atoms with Gasteiger partial charge < -0.3 is 16.2 Å². The summed E-state index contributed by atoms with van der Waals surface area (Å²) in [5, 5.41) is 12.1. The van der Waals surface area contributed by atoms with Crippen molar-refractivity contribution in [1.29, 1.82) is 0 Å². The first-order valence-electron chi connectivity index (χ1n) is 5.53. The second kappa shape index (κ2) is 4.43. The molecule has 0 aromatic heterocycles. The Morgan fingerprint density at radius 2 is 2.25 bits per heavy atom. The van der Waals surface area contributed by atoms with Crippen molar-refractivity contribution < 1.29 is 9.90 Å². The molecule has 86 valence electrons. The molecule has 2 rings (SSSR count). The van der Waals surface area contributed by atoms with E-state index in [0.29, 0.717) is 5.69 Å². The standard InChI is InChI=1S/C12H16N2O2/c13-11-7-9(3-4-10(11)12(15)16)14-6-5-8-1-2-8/h3-4,7-8,14H,1-2,5-6,13H2,(H,15,16). The Morgan fingerprint density at radius 3 is 2.81 bits per heavy atom. The minimum absolute atomic E-state index is 0.160. The van der Waals surface area contributed by atoms with Crippen LogP contribution in [0, 0.1) is 5.92 Å². The zero-order valence-electron chi connectivity index (χ0n) is 9.07. The van der Waals surface area contributed by atoms with Gasteiger partial charge in [0.15, 0.2) is 0 Å². The third-order valence-corrected chi connectivity index (χ3v) is 2.86. The highest BCUT2D eigenvalue weighted by molar-refractivity contribution is 5.94. The number of rotatable bonds is 5. The second-order valence-corrected chi connectivity index (χ2v) is 4.27. The molecule has 0 bridgehead atoms. The summed E-state index contributed by atoms with van der Waals surface area (Å²) < 4.78 is 0. The summed E-state index contributed by atoms with van der Waals surface area (Å²) in [6.45, 7) is 0.927. The Kier molecular flexibility index (Phi) is 2.99. The number of anilines is 2. The molecule has 0 atom stereocenters. The first-order chi connectivity index (χ1) is 7.66. The minimum atomic E-state index is -0.984. The van der Waals surface area contributed by atoms with Gasteiger partial charge >= 0.3 is 5.97 Å². The highest BCUT2D eigenvalue weighted by Crippen LogP contribution is 2.32. The van der Waals surface area contributed by atoms with Crippen LogP contribution in [0.25, 0.3) is 0 Å². The van der Waals surface area contributed by atoms with Gasteiger partial charge in [0.1, 0.15) is 0 Å². The van der Waals surface area contributed by atoms with E-state index in [-0.39, 0.29) is 5.56 Å². The Morgan fingerprint density at radius 1 is 1.50 bits per heavy atom. The largest absolute Gasteiger partial charge is 0.478 e. The van der Waals surface area contributed by atoms with Crippen LogP contribution in [-0.4, -0.2) is 17.6 Å². The maximum absolute atomic E-state index is 10.7. The van der Waals surface area contributed by atoms with Gasteiger partial charge in [-0.25, -0.2) is 4.79 Å². The normalized spacial score (nSPS) is 14.8. The predicted molar refractivity (Wildman–Crippen MR) is 63.6 cm³/mol. The highest BCUT2D eigenvalue weighted by Gasteiger charge is 2.20. The quantitative estimate of drug-likeness (QED) is 0.665. The summed E-state index contributed by atoms with van der Waals surface area (Å²) in [5.41, 5.74) is 7.01. The molecule has 1 aromatic carbocycles. The van der Waals surface area contributed by atoms with Crippen molar-refractivity contribution in [1.82, 2.24) is 0 Å². The smallest absolute Gasteiger partial charge is 0.337 e. The fourth-order valence-electron chi connectivity index (χ4n) is 1.69. The molecule has 1 fully saturated rings. The van der Waals surface area contributed by atoms with Crippen molar-refractivity contribution in [2.24, 2.45) is 5.92 Å². The number of nitrogens with one attached hydrogen (secondary N) is 1. The van der Waals surface area contributed by atoms with E-state index in [1.165, 1.54) is 25.3 Å². The molecule has 0 amide bonds. The van der Waals surface area contributed by atoms with E-state index in [1.54, 1.807) is 12.1 Å². The Bertz CT molecular complexity index is 400. The summed E-state index contributed by atoms with van der Waals surface area (Å²) in [5.74, 6) is -0.0924. The molecule has 16 heavy (non-hydrogen) atoms. The lowest BCUT2D eigenvalue weighted by molar-refractivity contribution is 0.0698. The zero-order valence-corrected chi connectivity index (χ0v) is 9.07. The van der Waals surface area contributed by atoms with Crippen LogP contribution >= 0.6 is 0 Å². The van der Waals surface area contributed by atoms with Gasteiger partial charge in [-0.1, -0.05) is 12.8 Å². The highest BCUT2D eigenvalue weighted by atomic mass is 16.4. The van der Waals surface area contributed by atoms with Crippen molar-refractivity contribution in [2.45, 2.75) is 19.3 Å². The van der Waals surface area contributed by atoms with Gasteiger partial charge in [-0.3, -0.25) is 0 Å². The van der Waals surface area contributed by atoms with Crippen LogP contribution in [0.5, 0.6) is 0 Å². The fraction of sp³-hybridized carbons (Fsp3) is 0.417. The maximum Gasteiger partial charge on any atom is 0.337 e. The number of nitrogens with two attached hydrogens (primary N) is 1. The third kappa shape index (κ3) is 2.66. The lowest BCUT2D eigenvalue weighted by Gasteiger charge is -2.08. The van der Waals surface area contributed by atoms with Crippen molar-refractivity contribution in [3.63, 3.8) is 0 Å². The van der Waals surface area contributed by atoms with Crippen LogP contribution < -0.4 is 11.1 Å². The van der Waals surface area contributed by atoms with E-state index in [1.807, 2.05) is 0 Å². The molecular weight excluding hydrogens is 204 g/mol. The van der Waals surface area contributed by atoms with Crippen molar-refractivity contribution in [3.8, 4) is 0 Å². The topological polar surface area (TPSA) is 75.3 Å². The molecule has 4 heteroatoms. The van der Waals surface area contributed by atoms with Gasteiger partial charge in [0.25, 0.3) is 0 Å². The molecule has 1 aromatic rings. The molecule has 0 radical (unpaired) electrons. The molecule has 4 N–H and O–H groups in total. The zero-order chi connectivity index (χ0) is 11.5. The van der Waals surface area contributed by atoms with Crippen LogP contribution in [0.3, 0.4) is 0 Å². The van der Waals surface area contributed by atoms with Gasteiger partial charge in [-0.15, -0.1) is 0 Å². The van der Waals surface area contributed by atoms with E-state index in [4.69, 9.17) is 10.8 Å². The Labute approximate surface area is 94.5 Å². The lowest BCUT2D eigenvalue weighted by atomic mass is 10.1. The van der Waals surface area contributed by atoms with Gasteiger partial charge in [0, 0.05) is 17.9 Å². The summed E-state index contributed by atoms with van der Waals surface area (Å²) in [7, 11) is 0. The Hall–Kier alpha value is -1.71. The SMILES string of the molecule is Nc1cc(NCCC2CC2)ccc1C(=O)O. The monoisotopic (exact) mass is 220 g/mol. The lowest BCUT2D eigenvalue weighted by Crippen LogP contribution is -2.06. The van der Waals surface area contributed by atoms with E-state index < -0.39 is 5.97 Å². The molecule has 0 heterocycles. The van der Waals surface area contributed by atoms with Crippen molar-refractivity contribution >= 4 is 17.3 Å². The molecule has 0 spiro atoms. The van der Waals surface area contributed by atoms with Crippen LogP contribution in [-0.2, 0) is 0 Å². The molecular formula is C12H16N2O2. The molecule has 1 saturated carbocycles. The number of nitrogen functional groups attached to an aromatic ring is 1. The number of carboxylic acids is 1. The molecule has 1 aliphatic rings. The average molecular weight is 220 g/mol. The maximum atomic E-state index is 10.7. The number of carbonyl (C=O) groups is 1. The molecule has 0 aliphatic heterocycles. The summed E-state index contributed by atoms with van der Waals surface area (Å²) in [6, 6.07) is 4.97. The first-order valence-corrected chi connectivity index (χ1v) is 5.53. The average Bonchev–Trinajstić information content (AvgIpc) is 3.01. The summed E-state index contributed by atoms with van der Waals surface area (Å²) in [6.07, 6.45) is 3.88. The van der Waals surface area contributed by atoms with Crippen LogP contribution in [0.4, 0.5) is 11.4 Å². The fourth-order valence-corrected chi connectivity index (χ4v) is 1.69. The number of hydrogen-bond donors (Lipinski definition) is 3. The van der Waals surface area contributed by atoms with Crippen LogP contribution in [0.1, 0.15) is 29.6 Å². The van der Waals surface area contributed by atoms with E-state index in [2.05, 4.69) is 5.32 Å². The summed E-state index contributed by atoms with van der Waals surface area (Å²) in [4.78, 5) is 10.7. The van der Waals surface area contributed by atoms with E-state index in [9.17, 15) is 4.79 Å². The molecule has 4 nitrogen and oxygen atoms in total. The predicted octanol–water partition coefficient (Wildman–Crippen LogP) is 2.18. The van der Waals surface area contributed by atoms with Gasteiger partial charge in [0.05, 0.1) is 5.56 Å². The second-order valence-electron chi connectivity index (χ2n) is 4.27. The van der Waals surface area contributed by atoms with Crippen molar-refractivity contribution in [2.75, 3.05) is 17.6 Å². The number of hydrogen-bond acceptors (Lipinski definition) is 3. The summed E-state index contributed by atoms with van der Waals surface area (Å²) >= 11 is 0. The number of aromatic carboxylic acids is 1. The number of carboxylic acid groups (broad SMARTS) is 1. The van der Waals surface area contributed by atoms with Gasteiger partial charge in [0.2, 0.25) is 0 Å². The molecule has 1 aliphatic carbocycles.